The van der Waals surface area contributed by atoms with Gasteiger partial charge in [0.25, 0.3) is 0 Å². The molecule has 0 bridgehead atoms. The maximum Gasteiger partial charge on any atom is 0.411 e. The van der Waals surface area contributed by atoms with E-state index in [4.69, 9.17) is 4.74 Å². The molecule has 6 heteroatoms. The highest BCUT2D eigenvalue weighted by Gasteiger charge is 2.33. The van der Waals surface area contributed by atoms with Crippen molar-refractivity contribution in [3.8, 4) is 0 Å². The fourth-order valence-corrected chi connectivity index (χ4v) is 1.91. The van der Waals surface area contributed by atoms with Gasteiger partial charge in [-0.2, -0.15) is 0 Å². The number of amides is 3. The lowest BCUT2D eigenvalue weighted by Gasteiger charge is -2.29. The Hall–Kier alpha value is -1.46. The summed E-state index contributed by atoms with van der Waals surface area (Å²) in [7, 11) is 0. The second-order valence-corrected chi connectivity index (χ2v) is 6.10. The molecule has 110 valence electrons. The van der Waals surface area contributed by atoms with Crippen LogP contribution in [0.15, 0.2) is 0 Å². The van der Waals surface area contributed by atoms with E-state index < -0.39 is 5.60 Å². The van der Waals surface area contributed by atoms with Gasteiger partial charge in [-0.25, -0.2) is 9.59 Å². The average Bonchev–Trinajstić information content (AvgIpc) is 2.61. The zero-order valence-corrected chi connectivity index (χ0v) is 12.4. The Morgan fingerprint density at radius 1 is 1.32 bits per heavy atom. The molecule has 0 aromatic rings. The van der Waals surface area contributed by atoms with Gasteiger partial charge in [0, 0.05) is 12.6 Å². The molecule has 1 fully saturated rings. The van der Waals surface area contributed by atoms with Gasteiger partial charge in [-0.3, -0.25) is 4.90 Å². The SMILES string of the molecule is CC(C)NC(=O)N[C@@H]1CCCN1C(=O)OC(C)(C)C. The summed E-state index contributed by atoms with van der Waals surface area (Å²) >= 11 is 0. The van der Waals surface area contributed by atoms with Gasteiger partial charge < -0.3 is 15.4 Å². The fraction of sp³-hybridized carbons (Fsp3) is 0.846. The van der Waals surface area contributed by atoms with Crippen LogP contribution in [-0.4, -0.2) is 41.4 Å². The number of hydrogen-bond acceptors (Lipinski definition) is 3. The van der Waals surface area contributed by atoms with Crippen LogP contribution in [0.25, 0.3) is 0 Å². The number of ether oxygens (including phenoxy) is 1. The summed E-state index contributed by atoms with van der Waals surface area (Å²) in [5, 5.41) is 5.55. The molecule has 1 saturated heterocycles. The quantitative estimate of drug-likeness (QED) is 0.807. The highest BCUT2D eigenvalue weighted by Crippen LogP contribution is 2.19. The van der Waals surface area contributed by atoms with Gasteiger partial charge in [-0.15, -0.1) is 0 Å². The Kier molecular flexibility index (Phi) is 5.03. The molecule has 0 aromatic heterocycles. The maximum atomic E-state index is 12.0. The topological polar surface area (TPSA) is 70.7 Å². The number of carbonyl (C=O) groups is 2. The minimum Gasteiger partial charge on any atom is -0.444 e. The number of rotatable bonds is 2. The largest absolute Gasteiger partial charge is 0.444 e. The summed E-state index contributed by atoms with van der Waals surface area (Å²) in [6.45, 7) is 9.87. The predicted molar refractivity (Wildman–Crippen MR) is 72.8 cm³/mol. The lowest BCUT2D eigenvalue weighted by molar-refractivity contribution is 0.0210. The van der Waals surface area contributed by atoms with E-state index in [1.165, 1.54) is 0 Å². The molecule has 0 saturated carbocycles. The molecule has 1 atom stereocenters. The first-order valence-corrected chi connectivity index (χ1v) is 6.75. The van der Waals surface area contributed by atoms with Crippen LogP contribution >= 0.6 is 0 Å². The van der Waals surface area contributed by atoms with Crippen molar-refractivity contribution in [3.05, 3.63) is 0 Å². The Morgan fingerprint density at radius 3 is 2.47 bits per heavy atom. The fourth-order valence-electron chi connectivity index (χ4n) is 1.91. The summed E-state index contributed by atoms with van der Waals surface area (Å²) in [5.74, 6) is 0. The molecule has 0 radical (unpaired) electrons. The molecule has 0 aliphatic carbocycles. The lowest BCUT2D eigenvalue weighted by atomic mass is 10.2. The molecule has 1 aliphatic rings. The number of nitrogens with one attached hydrogen (secondary N) is 2. The zero-order valence-electron chi connectivity index (χ0n) is 12.4. The lowest BCUT2D eigenvalue weighted by Crippen LogP contribution is -2.52. The summed E-state index contributed by atoms with van der Waals surface area (Å²) in [6, 6.07) is -0.188. The summed E-state index contributed by atoms with van der Waals surface area (Å²) in [4.78, 5) is 25.2. The van der Waals surface area contributed by atoms with Crippen molar-refractivity contribution in [1.29, 1.82) is 0 Å². The molecule has 0 aromatic carbocycles. The molecule has 1 heterocycles. The van der Waals surface area contributed by atoms with E-state index in [9.17, 15) is 9.59 Å². The van der Waals surface area contributed by atoms with Crippen molar-refractivity contribution in [2.75, 3.05) is 6.54 Å². The zero-order chi connectivity index (χ0) is 14.6. The first-order chi connectivity index (χ1) is 8.69. The molecule has 0 unspecified atom stereocenters. The van der Waals surface area contributed by atoms with Crippen molar-refractivity contribution in [2.24, 2.45) is 0 Å². The van der Waals surface area contributed by atoms with E-state index in [2.05, 4.69) is 10.6 Å². The maximum absolute atomic E-state index is 12.0. The van der Waals surface area contributed by atoms with Crippen molar-refractivity contribution in [3.63, 3.8) is 0 Å². The van der Waals surface area contributed by atoms with E-state index in [-0.39, 0.29) is 24.3 Å². The molecule has 2 N–H and O–H groups in total. The van der Waals surface area contributed by atoms with Crippen LogP contribution in [0.1, 0.15) is 47.5 Å². The first kappa shape index (κ1) is 15.6. The smallest absolute Gasteiger partial charge is 0.411 e. The molecule has 6 nitrogen and oxygen atoms in total. The second-order valence-electron chi connectivity index (χ2n) is 6.10. The van der Waals surface area contributed by atoms with E-state index in [0.717, 1.165) is 12.8 Å². The highest BCUT2D eigenvalue weighted by molar-refractivity contribution is 5.76. The normalized spacial score (nSPS) is 19.5. The molecular formula is C13H25N3O3. The Balaban J connectivity index is 2.54. The summed E-state index contributed by atoms with van der Waals surface area (Å²) < 4.78 is 5.33. The molecular weight excluding hydrogens is 246 g/mol. The van der Waals surface area contributed by atoms with Crippen molar-refractivity contribution >= 4 is 12.1 Å². The molecule has 1 rings (SSSR count). The number of nitrogens with zero attached hydrogens (tertiary/aromatic N) is 1. The average molecular weight is 271 g/mol. The van der Waals surface area contributed by atoms with E-state index in [1.54, 1.807) is 4.90 Å². The Bertz CT molecular complexity index is 337. The van der Waals surface area contributed by atoms with Crippen LogP contribution in [0.5, 0.6) is 0 Å². The first-order valence-electron chi connectivity index (χ1n) is 6.75. The number of carbonyl (C=O) groups excluding carboxylic acids is 2. The van der Waals surface area contributed by atoms with Crippen molar-refractivity contribution in [2.45, 2.75) is 65.3 Å². The second kappa shape index (κ2) is 6.12. The molecule has 19 heavy (non-hydrogen) atoms. The third-order valence-corrected chi connectivity index (χ3v) is 2.60. The standard InChI is InChI=1S/C13H25N3O3/c1-9(2)14-11(17)15-10-7-6-8-16(10)12(18)19-13(3,4)5/h9-10H,6-8H2,1-5H3,(H2,14,15,17)/t10-/m0/s1. The van der Waals surface area contributed by atoms with Gasteiger partial charge in [0.15, 0.2) is 0 Å². The van der Waals surface area contributed by atoms with Crippen molar-refractivity contribution in [1.82, 2.24) is 15.5 Å². The van der Waals surface area contributed by atoms with Gasteiger partial charge in [-0.1, -0.05) is 0 Å². The summed E-state index contributed by atoms with van der Waals surface area (Å²) in [5.41, 5.74) is -0.523. The van der Waals surface area contributed by atoms with E-state index >= 15 is 0 Å². The Labute approximate surface area is 114 Å². The molecule has 0 spiro atoms. The van der Waals surface area contributed by atoms with Crippen LogP contribution in [0.4, 0.5) is 9.59 Å². The number of hydrogen-bond donors (Lipinski definition) is 2. The van der Waals surface area contributed by atoms with Crippen LogP contribution in [-0.2, 0) is 4.74 Å². The summed E-state index contributed by atoms with van der Waals surface area (Å²) in [6.07, 6.45) is 0.963. The van der Waals surface area contributed by atoms with Crippen LogP contribution < -0.4 is 10.6 Å². The minimum absolute atomic E-state index is 0.0661. The highest BCUT2D eigenvalue weighted by atomic mass is 16.6. The van der Waals surface area contributed by atoms with Gasteiger partial charge in [0.05, 0.1) is 0 Å². The third kappa shape index (κ3) is 5.36. The Morgan fingerprint density at radius 2 is 1.95 bits per heavy atom. The van der Waals surface area contributed by atoms with Gasteiger partial charge in [0.1, 0.15) is 11.8 Å². The van der Waals surface area contributed by atoms with E-state index in [1.807, 2.05) is 34.6 Å². The van der Waals surface area contributed by atoms with Gasteiger partial charge in [-0.05, 0) is 47.5 Å². The van der Waals surface area contributed by atoms with Crippen LogP contribution in [0.2, 0.25) is 0 Å². The van der Waals surface area contributed by atoms with E-state index in [0.29, 0.717) is 6.54 Å². The number of urea groups is 1. The van der Waals surface area contributed by atoms with Gasteiger partial charge >= 0.3 is 12.1 Å². The van der Waals surface area contributed by atoms with Crippen molar-refractivity contribution < 1.29 is 14.3 Å². The predicted octanol–water partition coefficient (Wildman–Crippen LogP) is 2.05. The minimum atomic E-state index is -0.523. The molecule has 1 aliphatic heterocycles. The molecule has 3 amide bonds. The third-order valence-electron chi connectivity index (χ3n) is 2.60. The monoisotopic (exact) mass is 271 g/mol. The van der Waals surface area contributed by atoms with Gasteiger partial charge in [0.2, 0.25) is 0 Å². The van der Waals surface area contributed by atoms with Crippen LogP contribution in [0.3, 0.4) is 0 Å². The van der Waals surface area contributed by atoms with Crippen LogP contribution in [0, 0.1) is 0 Å². The number of likely N-dealkylation sites (tertiary alicyclic amines) is 1.